The molecule has 34 heavy (non-hydrogen) atoms. The molecule has 0 saturated heterocycles. The van der Waals surface area contributed by atoms with Crippen molar-refractivity contribution in [2.24, 2.45) is 5.10 Å². The van der Waals surface area contributed by atoms with Crippen molar-refractivity contribution in [3.05, 3.63) is 107 Å². The number of hydrogen-bond acceptors (Lipinski definition) is 5. The Hall–Kier alpha value is -4.30. The quantitative estimate of drug-likeness (QED) is 0.130. The van der Waals surface area contributed by atoms with Crippen molar-refractivity contribution in [3.63, 3.8) is 0 Å². The summed E-state index contributed by atoms with van der Waals surface area (Å²) in [5.41, 5.74) is 3.80. The average molecular weight is 516 g/mol. The van der Waals surface area contributed by atoms with Crippen LogP contribution in [-0.2, 0) is 9.59 Å². The lowest BCUT2D eigenvalue weighted by Gasteiger charge is -2.07. The Labute approximate surface area is 203 Å². The maximum Gasteiger partial charge on any atom is 0.343 e. The Bertz CT molecular complexity index is 1400. The zero-order valence-electron chi connectivity index (χ0n) is 17.7. The summed E-state index contributed by atoms with van der Waals surface area (Å²) in [6.45, 7) is 0. The molecule has 2 N–H and O–H groups in total. The Morgan fingerprint density at radius 3 is 2.35 bits per heavy atom. The third kappa shape index (κ3) is 5.73. The van der Waals surface area contributed by atoms with Gasteiger partial charge in [0, 0.05) is 15.5 Å². The predicted molar refractivity (Wildman–Crippen MR) is 134 cm³/mol. The lowest BCUT2D eigenvalue weighted by molar-refractivity contribution is -0.136. The second-order valence-corrected chi connectivity index (χ2v) is 8.06. The van der Waals surface area contributed by atoms with Gasteiger partial charge in [-0.15, -0.1) is 0 Å². The van der Waals surface area contributed by atoms with Gasteiger partial charge in [0.1, 0.15) is 5.75 Å². The van der Waals surface area contributed by atoms with E-state index < -0.39 is 17.8 Å². The highest BCUT2D eigenvalue weighted by Crippen LogP contribution is 2.22. The van der Waals surface area contributed by atoms with Gasteiger partial charge in [-0.05, 0) is 59.5 Å². The number of fused-ring (bicyclic) bond motifs is 1. The fraction of sp³-hybridized carbons (Fsp3) is 0. The Morgan fingerprint density at radius 1 is 0.824 bits per heavy atom. The van der Waals surface area contributed by atoms with Gasteiger partial charge in [0.2, 0.25) is 0 Å². The minimum atomic E-state index is -0.899. The number of rotatable bonds is 5. The van der Waals surface area contributed by atoms with Gasteiger partial charge in [0.15, 0.2) is 0 Å². The molecule has 0 saturated carbocycles. The molecule has 0 aliphatic rings. The van der Waals surface area contributed by atoms with Crippen molar-refractivity contribution < 1.29 is 19.1 Å². The van der Waals surface area contributed by atoms with E-state index in [4.69, 9.17) is 4.74 Å². The molecule has 0 atom stereocenters. The molecular formula is C26H18BrN3O4. The Morgan fingerprint density at radius 2 is 1.56 bits per heavy atom. The van der Waals surface area contributed by atoms with E-state index in [9.17, 15) is 14.4 Å². The highest BCUT2D eigenvalue weighted by Gasteiger charge is 2.14. The second-order valence-electron chi connectivity index (χ2n) is 7.15. The lowest BCUT2D eigenvalue weighted by Crippen LogP contribution is -2.32. The van der Waals surface area contributed by atoms with Gasteiger partial charge < -0.3 is 10.1 Å². The van der Waals surface area contributed by atoms with Gasteiger partial charge in [0.25, 0.3) is 0 Å². The molecule has 2 amide bonds. The van der Waals surface area contributed by atoms with E-state index in [1.165, 1.54) is 6.21 Å². The molecule has 0 bridgehead atoms. The van der Waals surface area contributed by atoms with Crippen molar-refractivity contribution >= 4 is 56.4 Å². The lowest BCUT2D eigenvalue weighted by atomic mass is 10.1. The van der Waals surface area contributed by atoms with Crippen LogP contribution in [0.1, 0.15) is 15.9 Å². The van der Waals surface area contributed by atoms with E-state index in [0.29, 0.717) is 22.6 Å². The number of anilines is 1. The van der Waals surface area contributed by atoms with E-state index in [2.05, 4.69) is 31.8 Å². The van der Waals surface area contributed by atoms with Gasteiger partial charge in [-0.1, -0.05) is 58.4 Å². The summed E-state index contributed by atoms with van der Waals surface area (Å²) in [5, 5.41) is 8.19. The van der Waals surface area contributed by atoms with Gasteiger partial charge in [-0.25, -0.2) is 10.2 Å². The van der Waals surface area contributed by atoms with Gasteiger partial charge in [-0.3, -0.25) is 9.59 Å². The number of amides is 2. The summed E-state index contributed by atoms with van der Waals surface area (Å²) < 4.78 is 6.12. The van der Waals surface area contributed by atoms with Crippen LogP contribution in [0.4, 0.5) is 5.69 Å². The molecular weight excluding hydrogens is 498 g/mol. The molecule has 168 valence electrons. The van der Waals surface area contributed by atoms with Crippen LogP contribution in [0, 0.1) is 0 Å². The number of halogens is 1. The number of hydrogen-bond donors (Lipinski definition) is 2. The fourth-order valence-electron chi connectivity index (χ4n) is 3.13. The first kappa shape index (κ1) is 22.9. The maximum atomic E-state index is 12.2. The zero-order chi connectivity index (χ0) is 23.9. The molecule has 4 aromatic carbocycles. The highest BCUT2D eigenvalue weighted by atomic mass is 79.9. The highest BCUT2D eigenvalue weighted by molar-refractivity contribution is 9.10. The van der Waals surface area contributed by atoms with Crippen LogP contribution in [0.2, 0.25) is 0 Å². The number of carbonyl (C=O) groups excluding carboxylic acids is 3. The minimum absolute atomic E-state index is 0.362. The molecule has 0 radical (unpaired) electrons. The van der Waals surface area contributed by atoms with Crippen LogP contribution < -0.4 is 15.5 Å². The molecule has 0 unspecified atom stereocenters. The number of nitrogens with one attached hydrogen (secondary N) is 2. The standard InChI is InChI=1S/C26H18BrN3O4/c27-20-8-3-7-19(15-20)26(33)34-21-13-11-17(12-14-21)16-28-30-25(32)24(31)29-23-10-4-6-18-5-1-2-9-22(18)23/h1-16H,(H,29,31)(H,30,32)/b28-16+. The van der Waals surface area contributed by atoms with Crippen LogP contribution in [0.25, 0.3) is 10.8 Å². The molecule has 8 heteroatoms. The first-order valence-electron chi connectivity index (χ1n) is 10.2. The summed E-state index contributed by atoms with van der Waals surface area (Å²) in [6.07, 6.45) is 1.38. The van der Waals surface area contributed by atoms with Crippen LogP contribution >= 0.6 is 15.9 Å². The monoisotopic (exact) mass is 515 g/mol. The number of ether oxygens (including phenoxy) is 1. The molecule has 4 rings (SSSR count). The average Bonchev–Trinajstić information content (AvgIpc) is 2.85. The van der Waals surface area contributed by atoms with Crippen LogP contribution in [-0.4, -0.2) is 24.0 Å². The molecule has 7 nitrogen and oxygen atoms in total. The maximum absolute atomic E-state index is 12.2. The van der Waals surface area contributed by atoms with Crippen molar-refractivity contribution in [1.82, 2.24) is 5.43 Å². The van der Waals surface area contributed by atoms with Crippen LogP contribution in [0.3, 0.4) is 0 Å². The smallest absolute Gasteiger partial charge is 0.343 e. The van der Waals surface area contributed by atoms with Crippen molar-refractivity contribution in [2.45, 2.75) is 0 Å². The third-order valence-corrected chi connectivity index (χ3v) is 5.27. The van der Waals surface area contributed by atoms with E-state index in [0.717, 1.165) is 15.2 Å². The van der Waals surface area contributed by atoms with Gasteiger partial charge >= 0.3 is 17.8 Å². The summed E-state index contributed by atoms with van der Waals surface area (Å²) in [6, 6.07) is 26.4. The summed E-state index contributed by atoms with van der Waals surface area (Å²) in [7, 11) is 0. The Balaban J connectivity index is 1.31. The van der Waals surface area contributed by atoms with Gasteiger partial charge in [-0.2, -0.15) is 5.10 Å². The molecule has 0 aliphatic heterocycles. The SMILES string of the molecule is O=C(N/N=C/c1ccc(OC(=O)c2cccc(Br)c2)cc1)C(=O)Nc1cccc2ccccc12. The molecule has 0 heterocycles. The van der Waals surface area contributed by atoms with E-state index >= 15 is 0 Å². The van der Waals surface area contributed by atoms with E-state index in [-0.39, 0.29) is 0 Å². The van der Waals surface area contributed by atoms with E-state index in [1.54, 1.807) is 54.6 Å². The number of nitrogens with zero attached hydrogens (tertiary/aromatic N) is 1. The molecule has 0 fully saturated rings. The first-order chi connectivity index (χ1) is 16.5. The summed E-state index contributed by atoms with van der Waals surface area (Å²) >= 11 is 3.32. The number of carbonyl (C=O) groups is 3. The normalized spacial score (nSPS) is 10.7. The largest absolute Gasteiger partial charge is 0.423 e. The summed E-state index contributed by atoms with van der Waals surface area (Å²) in [4.78, 5) is 36.6. The zero-order valence-corrected chi connectivity index (χ0v) is 19.3. The fourth-order valence-corrected chi connectivity index (χ4v) is 3.53. The molecule has 0 aliphatic carbocycles. The van der Waals surface area contributed by atoms with E-state index in [1.807, 2.05) is 36.4 Å². The number of esters is 1. The molecule has 0 aromatic heterocycles. The predicted octanol–water partition coefficient (Wildman–Crippen LogP) is 4.91. The molecule has 4 aromatic rings. The van der Waals surface area contributed by atoms with Crippen LogP contribution in [0.5, 0.6) is 5.75 Å². The number of hydrazone groups is 1. The summed E-state index contributed by atoms with van der Waals surface area (Å²) in [5.74, 6) is -1.85. The van der Waals surface area contributed by atoms with Crippen molar-refractivity contribution in [2.75, 3.05) is 5.32 Å². The second kappa shape index (κ2) is 10.5. The first-order valence-corrected chi connectivity index (χ1v) is 11.0. The third-order valence-electron chi connectivity index (χ3n) is 4.77. The van der Waals surface area contributed by atoms with Crippen molar-refractivity contribution in [3.8, 4) is 5.75 Å². The topological polar surface area (TPSA) is 96.9 Å². The number of benzene rings is 4. The van der Waals surface area contributed by atoms with Gasteiger partial charge in [0.05, 0.1) is 11.8 Å². The van der Waals surface area contributed by atoms with Crippen LogP contribution in [0.15, 0.2) is 101 Å². The molecule has 0 spiro atoms. The Kier molecular flexibility index (Phi) is 7.10. The van der Waals surface area contributed by atoms with Crippen molar-refractivity contribution in [1.29, 1.82) is 0 Å². The minimum Gasteiger partial charge on any atom is -0.423 e.